The van der Waals surface area contributed by atoms with E-state index in [1.165, 1.54) is 4.31 Å². The zero-order valence-corrected chi connectivity index (χ0v) is 15.8. The third-order valence-corrected chi connectivity index (χ3v) is 5.95. The first-order valence-corrected chi connectivity index (χ1v) is 9.43. The molecule has 1 aliphatic heterocycles. The maximum absolute atomic E-state index is 12.7. The van der Waals surface area contributed by atoms with Gasteiger partial charge in [0.1, 0.15) is 0 Å². The van der Waals surface area contributed by atoms with Crippen molar-refractivity contribution in [2.75, 3.05) is 26.2 Å². The first-order chi connectivity index (χ1) is 10.9. The van der Waals surface area contributed by atoms with E-state index in [4.69, 9.17) is 5.73 Å². The number of amides is 1. The number of nitrogens with two attached hydrogens (primary N) is 1. The van der Waals surface area contributed by atoms with Crippen LogP contribution in [-0.2, 0) is 21.2 Å². The molecule has 1 fully saturated rings. The lowest BCUT2D eigenvalue weighted by atomic mass is 10.1. The molecule has 136 valence electrons. The second kappa shape index (κ2) is 8.80. The lowest BCUT2D eigenvalue weighted by Gasteiger charge is -2.34. The minimum Gasteiger partial charge on any atom is -0.339 e. The average Bonchev–Trinajstić information content (AvgIpc) is 2.55. The molecule has 8 heteroatoms. The number of hydrogen-bond acceptors (Lipinski definition) is 4. The number of halogens is 1. The smallest absolute Gasteiger partial charge is 0.243 e. The first kappa shape index (κ1) is 20.9. The van der Waals surface area contributed by atoms with E-state index in [9.17, 15) is 13.2 Å². The third kappa shape index (κ3) is 4.69. The maximum Gasteiger partial charge on any atom is 0.243 e. The fraction of sp³-hybridized carbons (Fsp3) is 0.562. The van der Waals surface area contributed by atoms with E-state index in [1.54, 1.807) is 24.0 Å². The number of carbonyl (C=O) groups excluding carboxylic acids is 1. The van der Waals surface area contributed by atoms with Gasteiger partial charge in [0.2, 0.25) is 15.9 Å². The molecule has 0 saturated carbocycles. The number of carbonyl (C=O) groups is 1. The molecule has 0 unspecified atom stereocenters. The van der Waals surface area contributed by atoms with Gasteiger partial charge in [-0.2, -0.15) is 4.31 Å². The van der Waals surface area contributed by atoms with Gasteiger partial charge in [0.15, 0.2) is 0 Å². The van der Waals surface area contributed by atoms with E-state index in [2.05, 4.69) is 6.92 Å². The predicted molar refractivity (Wildman–Crippen MR) is 96.7 cm³/mol. The second-order valence-corrected chi connectivity index (χ2v) is 7.85. The number of piperazine rings is 1. The van der Waals surface area contributed by atoms with Crippen LogP contribution in [0.25, 0.3) is 0 Å². The molecule has 0 aromatic heterocycles. The number of hydrogen-bond donors (Lipinski definition) is 1. The van der Waals surface area contributed by atoms with Crippen LogP contribution in [0.2, 0.25) is 0 Å². The van der Waals surface area contributed by atoms with Crippen LogP contribution in [0.1, 0.15) is 25.8 Å². The van der Waals surface area contributed by atoms with E-state index < -0.39 is 16.1 Å². The molecule has 1 aromatic carbocycles. The van der Waals surface area contributed by atoms with Crippen molar-refractivity contribution in [3.63, 3.8) is 0 Å². The Morgan fingerprint density at radius 2 is 1.71 bits per heavy atom. The minimum absolute atomic E-state index is 0. The standard InChI is InChI=1S/C16H25N3O3S.ClH/c1-3-4-14-5-7-15(8-6-14)23(21,22)19-11-9-18(10-12-19)16(20)13(2)17;/h5-8,13H,3-4,9-12,17H2,1-2H3;1H/t13-;/m1./s1. The largest absolute Gasteiger partial charge is 0.339 e. The average molecular weight is 376 g/mol. The Kier molecular flexibility index (Phi) is 7.66. The van der Waals surface area contributed by atoms with Crippen LogP contribution in [0.4, 0.5) is 0 Å². The van der Waals surface area contributed by atoms with Crippen molar-refractivity contribution in [3.05, 3.63) is 29.8 Å². The molecule has 0 radical (unpaired) electrons. The zero-order chi connectivity index (χ0) is 17.0. The summed E-state index contributed by atoms with van der Waals surface area (Å²) in [6, 6.07) is 6.52. The lowest BCUT2D eigenvalue weighted by molar-refractivity contribution is -0.133. The third-order valence-electron chi connectivity index (χ3n) is 4.04. The lowest BCUT2D eigenvalue weighted by Crippen LogP contribution is -2.53. The van der Waals surface area contributed by atoms with Gasteiger partial charge in [0, 0.05) is 26.2 Å². The quantitative estimate of drug-likeness (QED) is 0.839. The Morgan fingerprint density at radius 1 is 1.17 bits per heavy atom. The molecule has 0 spiro atoms. The van der Waals surface area contributed by atoms with Crippen LogP contribution in [0.15, 0.2) is 29.2 Å². The summed E-state index contributed by atoms with van der Waals surface area (Å²) < 4.78 is 26.8. The highest BCUT2D eigenvalue weighted by molar-refractivity contribution is 7.89. The Hall–Kier alpha value is -1.15. The van der Waals surface area contributed by atoms with Gasteiger partial charge in [-0.05, 0) is 31.0 Å². The molecule has 1 heterocycles. The first-order valence-electron chi connectivity index (χ1n) is 7.99. The van der Waals surface area contributed by atoms with Crippen molar-refractivity contribution < 1.29 is 13.2 Å². The Labute approximate surface area is 150 Å². The van der Waals surface area contributed by atoms with Gasteiger partial charge in [-0.25, -0.2) is 8.42 Å². The van der Waals surface area contributed by atoms with E-state index >= 15 is 0 Å². The summed E-state index contributed by atoms with van der Waals surface area (Å²) >= 11 is 0. The van der Waals surface area contributed by atoms with E-state index in [1.807, 2.05) is 12.1 Å². The summed E-state index contributed by atoms with van der Waals surface area (Å²) in [6.45, 7) is 5.10. The van der Waals surface area contributed by atoms with Gasteiger partial charge in [-0.3, -0.25) is 4.79 Å². The Balaban J connectivity index is 0.00000288. The molecule has 0 bridgehead atoms. The highest BCUT2D eigenvalue weighted by atomic mass is 35.5. The zero-order valence-electron chi connectivity index (χ0n) is 14.1. The van der Waals surface area contributed by atoms with Crippen molar-refractivity contribution in [1.82, 2.24) is 9.21 Å². The van der Waals surface area contributed by atoms with Gasteiger partial charge >= 0.3 is 0 Å². The number of sulfonamides is 1. The summed E-state index contributed by atoms with van der Waals surface area (Å²) in [6.07, 6.45) is 1.97. The molecular formula is C16H26ClN3O3S. The molecule has 0 aliphatic carbocycles. The van der Waals surface area contributed by atoms with Gasteiger partial charge in [0.25, 0.3) is 0 Å². The van der Waals surface area contributed by atoms with Crippen molar-refractivity contribution in [2.24, 2.45) is 5.73 Å². The molecule has 2 rings (SSSR count). The summed E-state index contributed by atoms with van der Waals surface area (Å²) in [7, 11) is -3.50. The Bertz CT molecular complexity index is 639. The van der Waals surface area contributed by atoms with Crippen LogP contribution < -0.4 is 5.73 Å². The van der Waals surface area contributed by atoms with Gasteiger partial charge in [-0.1, -0.05) is 25.5 Å². The number of nitrogens with zero attached hydrogens (tertiary/aromatic N) is 2. The molecule has 1 saturated heterocycles. The Morgan fingerprint density at radius 3 is 2.17 bits per heavy atom. The van der Waals surface area contributed by atoms with Gasteiger partial charge < -0.3 is 10.6 Å². The van der Waals surface area contributed by atoms with E-state index in [0.29, 0.717) is 31.1 Å². The molecule has 24 heavy (non-hydrogen) atoms. The van der Waals surface area contributed by atoms with Gasteiger partial charge in [-0.15, -0.1) is 12.4 Å². The number of rotatable bonds is 5. The van der Waals surface area contributed by atoms with E-state index in [-0.39, 0.29) is 18.3 Å². The highest BCUT2D eigenvalue weighted by Gasteiger charge is 2.30. The summed E-state index contributed by atoms with van der Waals surface area (Å²) in [4.78, 5) is 13.8. The second-order valence-electron chi connectivity index (χ2n) is 5.91. The SMILES string of the molecule is CCCc1ccc(S(=O)(=O)N2CCN(C(=O)[C@@H](C)N)CC2)cc1.Cl. The maximum atomic E-state index is 12.7. The topological polar surface area (TPSA) is 83.7 Å². The van der Waals surface area contributed by atoms with Crippen LogP contribution in [0.5, 0.6) is 0 Å². The molecule has 2 N–H and O–H groups in total. The fourth-order valence-electron chi connectivity index (χ4n) is 2.70. The predicted octanol–water partition coefficient (Wildman–Crippen LogP) is 1.24. The summed E-state index contributed by atoms with van der Waals surface area (Å²) in [5, 5.41) is 0. The number of aryl methyl sites for hydroxylation is 1. The van der Waals surface area contributed by atoms with Crippen LogP contribution in [0, 0.1) is 0 Å². The van der Waals surface area contributed by atoms with Crippen molar-refractivity contribution in [3.8, 4) is 0 Å². The van der Waals surface area contributed by atoms with Crippen LogP contribution in [-0.4, -0.2) is 55.8 Å². The summed E-state index contributed by atoms with van der Waals surface area (Å²) in [5.74, 6) is -0.133. The normalized spacial score (nSPS) is 17.2. The van der Waals surface area contributed by atoms with Crippen LogP contribution >= 0.6 is 12.4 Å². The monoisotopic (exact) mass is 375 g/mol. The van der Waals surface area contributed by atoms with Crippen molar-refractivity contribution in [1.29, 1.82) is 0 Å². The van der Waals surface area contributed by atoms with Crippen molar-refractivity contribution >= 4 is 28.3 Å². The highest BCUT2D eigenvalue weighted by Crippen LogP contribution is 2.19. The van der Waals surface area contributed by atoms with Gasteiger partial charge in [0.05, 0.1) is 10.9 Å². The molecule has 1 aromatic rings. The summed E-state index contributed by atoms with van der Waals surface area (Å²) in [5.41, 5.74) is 6.73. The fourth-order valence-corrected chi connectivity index (χ4v) is 4.12. The molecule has 1 aliphatic rings. The van der Waals surface area contributed by atoms with Crippen LogP contribution in [0.3, 0.4) is 0 Å². The minimum atomic E-state index is -3.50. The van der Waals surface area contributed by atoms with Crippen molar-refractivity contribution in [2.45, 2.75) is 37.6 Å². The molecule has 1 amide bonds. The molecule has 6 nitrogen and oxygen atoms in total. The number of benzene rings is 1. The molecular weight excluding hydrogens is 350 g/mol. The van der Waals surface area contributed by atoms with E-state index in [0.717, 1.165) is 18.4 Å². The molecule has 1 atom stereocenters.